The molecule has 130 valence electrons. The van der Waals surface area contributed by atoms with Crippen molar-refractivity contribution in [2.75, 3.05) is 12.4 Å². The Morgan fingerprint density at radius 1 is 1.20 bits per heavy atom. The number of aromatic nitrogens is 1. The highest BCUT2D eigenvalue weighted by Gasteiger charge is 2.17. The van der Waals surface area contributed by atoms with Crippen LogP contribution in [0.15, 0.2) is 42.5 Å². The number of methoxy groups -OCH3 is 1. The highest BCUT2D eigenvalue weighted by atomic mass is 32.1. The number of aryl methyl sites for hydroxylation is 1. The van der Waals surface area contributed by atoms with Crippen molar-refractivity contribution in [3.8, 4) is 11.5 Å². The quantitative estimate of drug-likeness (QED) is 0.716. The van der Waals surface area contributed by atoms with Crippen molar-refractivity contribution in [1.82, 2.24) is 4.98 Å². The summed E-state index contributed by atoms with van der Waals surface area (Å²) in [7, 11) is 1.62. The van der Waals surface area contributed by atoms with Crippen LogP contribution >= 0.6 is 11.3 Å². The summed E-state index contributed by atoms with van der Waals surface area (Å²) in [5, 5.41) is 3.36. The van der Waals surface area contributed by atoms with E-state index in [1.807, 2.05) is 42.5 Å². The number of rotatable bonds is 6. The van der Waals surface area contributed by atoms with Crippen LogP contribution in [-0.4, -0.2) is 24.1 Å². The second kappa shape index (κ2) is 7.53. The van der Waals surface area contributed by atoms with Gasteiger partial charge in [-0.1, -0.05) is 30.4 Å². The van der Waals surface area contributed by atoms with E-state index >= 15 is 0 Å². The van der Waals surface area contributed by atoms with Gasteiger partial charge in [0.15, 0.2) is 11.2 Å². The van der Waals surface area contributed by atoms with Crippen LogP contribution in [0.2, 0.25) is 0 Å². The lowest BCUT2D eigenvalue weighted by molar-refractivity contribution is -0.122. The average molecular weight is 356 g/mol. The van der Waals surface area contributed by atoms with Gasteiger partial charge in [-0.25, -0.2) is 4.98 Å². The lowest BCUT2D eigenvalue weighted by atomic mass is 10.2. The molecule has 1 amide bonds. The van der Waals surface area contributed by atoms with E-state index in [0.717, 1.165) is 22.4 Å². The molecule has 1 heterocycles. The summed E-state index contributed by atoms with van der Waals surface area (Å²) in [6.07, 6.45) is 0.354. The first-order valence-corrected chi connectivity index (χ1v) is 8.91. The topological polar surface area (TPSA) is 60.5 Å². The van der Waals surface area contributed by atoms with Crippen molar-refractivity contribution in [2.24, 2.45) is 0 Å². The van der Waals surface area contributed by atoms with Gasteiger partial charge in [-0.15, -0.1) is 0 Å². The van der Waals surface area contributed by atoms with Gasteiger partial charge in [0.1, 0.15) is 11.5 Å². The fourth-order valence-electron chi connectivity index (χ4n) is 2.35. The molecule has 3 rings (SSSR count). The minimum absolute atomic E-state index is 0.231. The summed E-state index contributed by atoms with van der Waals surface area (Å²) in [6.45, 7) is 3.82. The van der Waals surface area contributed by atoms with Crippen molar-refractivity contribution in [3.05, 3.63) is 48.0 Å². The van der Waals surface area contributed by atoms with E-state index in [1.54, 1.807) is 14.0 Å². The van der Waals surface area contributed by atoms with E-state index in [4.69, 9.17) is 9.47 Å². The number of nitrogens with zero attached hydrogens (tertiary/aromatic N) is 1. The number of amides is 1. The molecule has 0 saturated carbocycles. The molecule has 0 fully saturated rings. The van der Waals surface area contributed by atoms with Gasteiger partial charge in [-0.2, -0.15) is 0 Å². The number of hydrogen-bond donors (Lipinski definition) is 1. The van der Waals surface area contributed by atoms with Gasteiger partial charge >= 0.3 is 0 Å². The Kier molecular flexibility index (Phi) is 5.19. The fraction of sp³-hybridized carbons (Fsp3) is 0.263. The number of carbonyl (C=O) groups is 1. The largest absolute Gasteiger partial charge is 0.497 e. The van der Waals surface area contributed by atoms with Crippen LogP contribution in [0.4, 0.5) is 5.13 Å². The molecule has 3 aromatic rings. The molecule has 0 bridgehead atoms. The second-order valence-electron chi connectivity index (χ2n) is 5.60. The molecule has 6 heteroatoms. The number of anilines is 1. The lowest BCUT2D eigenvalue weighted by Gasteiger charge is -2.13. The number of thiazole rings is 1. The highest BCUT2D eigenvalue weighted by Crippen LogP contribution is 2.29. The second-order valence-corrected chi connectivity index (χ2v) is 6.63. The third kappa shape index (κ3) is 4.09. The molecule has 2 aromatic carbocycles. The monoisotopic (exact) mass is 356 g/mol. The Bertz CT molecular complexity index is 874. The Balaban J connectivity index is 1.66. The summed E-state index contributed by atoms with van der Waals surface area (Å²) < 4.78 is 11.9. The molecule has 1 atom stereocenters. The van der Waals surface area contributed by atoms with Crippen molar-refractivity contribution < 1.29 is 14.3 Å². The van der Waals surface area contributed by atoms with E-state index in [2.05, 4.69) is 17.2 Å². The number of benzene rings is 2. The zero-order chi connectivity index (χ0) is 17.8. The van der Waals surface area contributed by atoms with Crippen LogP contribution in [0.5, 0.6) is 11.5 Å². The third-order valence-corrected chi connectivity index (χ3v) is 4.77. The zero-order valence-corrected chi connectivity index (χ0v) is 15.2. The van der Waals surface area contributed by atoms with Crippen LogP contribution in [0, 0.1) is 0 Å². The van der Waals surface area contributed by atoms with Crippen molar-refractivity contribution in [1.29, 1.82) is 0 Å². The fourth-order valence-corrected chi connectivity index (χ4v) is 3.25. The minimum atomic E-state index is -0.617. The van der Waals surface area contributed by atoms with Crippen LogP contribution < -0.4 is 14.8 Å². The van der Waals surface area contributed by atoms with E-state index in [9.17, 15) is 4.79 Å². The normalized spacial score (nSPS) is 12.0. The van der Waals surface area contributed by atoms with Crippen molar-refractivity contribution in [3.63, 3.8) is 0 Å². The van der Waals surface area contributed by atoms with Crippen LogP contribution in [0.3, 0.4) is 0 Å². The van der Waals surface area contributed by atoms with Crippen LogP contribution in [0.1, 0.15) is 19.4 Å². The third-order valence-electron chi connectivity index (χ3n) is 3.84. The molecule has 0 aliphatic heterocycles. The van der Waals surface area contributed by atoms with Gasteiger partial charge in [-0.3, -0.25) is 10.1 Å². The number of carbonyl (C=O) groups excluding carboxylic acids is 1. The van der Waals surface area contributed by atoms with Crippen LogP contribution in [0.25, 0.3) is 10.2 Å². The zero-order valence-electron chi connectivity index (χ0n) is 14.4. The lowest BCUT2D eigenvalue weighted by Crippen LogP contribution is -2.30. The maximum atomic E-state index is 12.3. The Hall–Kier alpha value is -2.60. The first-order chi connectivity index (χ1) is 12.1. The molecule has 25 heavy (non-hydrogen) atoms. The molecule has 1 N–H and O–H groups in total. The molecule has 5 nitrogen and oxygen atoms in total. The van der Waals surface area contributed by atoms with E-state index in [-0.39, 0.29) is 5.91 Å². The molecular formula is C19H20N2O3S. The average Bonchev–Trinajstić information content (AvgIpc) is 3.03. The molecule has 0 aliphatic rings. The molecular weight excluding hydrogens is 336 g/mol. The molecule has 0 radical (unpaired) electrons. The Morgan fingerprint density at radius 3 is 2.60 bits per heavy atom. The van der Waals surface area contributed by atoms with Gasteiger partial charge in [-0.05, 0) is 49.2 Å². The summed E-state index contributed by atoms with van der Waals surface area (Å²) in [5.74, 6) is 1.21. The van der Waals surface area contributed by atoms with Gasteiger partial charge in [0.05, 0.1) is 17.3 Å². The Morgan fingerprint density at radius 2 is 1.92 bits per heavy atom. The van der Waals surface area contributed by atoms with Crippen LogP contribution in [-0.2, 0) is 11.2 Å². The molecule has 1 unspecified atom stereocenters. The first-order valence-electron chi connectivity index (χ1n) is 8.10. The smallest absolute Gasteiger partial charge is 0.266 e. The van der Waals surface area contributed by atoms with Gasteiger partial charge < -0.3 is 9.47 Å². The summed E-state index contributed by atoms with van der Waals surface area (Å²) in [5.41, 5.74) is 2.05. The first kappa shape index (κ1) is 17.2. The maximum Gasteiger partial charge on any atom is 0.266 e. The standard InChI is InChI=1S/C19H20N2O3S/c1-4-13-5-7-14(8-6-13)24-12(2)18(22)21-19-20-16-10-9-15(23-3)11-17(16)25-19/h5-12H,4H2,1-3H3,(H,20,21,22). The number of fused-ring (bicyclic) bond motifs is 1. The minimum Gasteiger partial charge on any atom is -0.497 e. The van der Waals surface area contributed by atoms with Crippen molar-refractivity contribution in [2.45, 2.75) is 26.4 Å². The van der Waals surface area contributed by atoms with Gasteiger partial charge in [0, 0.05) is 0 Å². The predicted molar refractivity (Wildman–Crippen MR) is 101 cm³/mol. The summed E-state index contributed by atoms with van der Waals surface area (Å²) in [6, 6.07) is 13.4. The van der Waals surface area contributed by atoms with Gasteiger partial charge in [0.2, 0.25) is 0 Å². The summed E-state index contributed by atoms with van der Waals surface area (Å²) >= 11 is 1.41. The summed E-state index contributed by atoms with van der Waals surface area (Å²) in [4.78, 5) is 16.8. The molecule has 0 spiro atoms. The van der Waals surface area contributed by atoms with E-state index < -0.39 is 6.10 Å². The van der Waals surface area contributed by atoms with Gasteiger partial charge in [0.25, 0.3) is 5.91 Å². The maximum absolute atomic E-state index is 12.3. The number of ether oxygens (including phenoxy) is 2. The molecule has 1 aromatic heterocycles. The Labute approximate surface area is 150 Å². The van der Waals surface area contributed by atoms with E-state index in [0.29, 0.717) is 10.9 Å². The van der Waals surface area contributed by atoms with E-state index in [1.165, 1.54) is 16.9 Å². The molecule has 0 saturated heterocycles. The number of hydrogen-bond acceptors (Lipinski definition) is 5. The SMILES string of the molecule is CCc1ccc(OC(C)C(=O)Nc2nc3ccc(OC)cc3s2)cc1. The predicted octanol–water partition coefficient (Wildman–Crippen LogP) is 4.27. The molecule has 0 aliphatic carbocycles. The van der Waals surface area contributed by atoms with Crippen molar-refractivity contribution >= 4 is 32.6 Å². The highest BCUT2D eigenvalue weighted by molar-refractivity contribution is 7.22. The number of nitrogens with one attached hydrogen (secondary N) is 1.